The number of hydrogen-bond donors (Lipinski definition) is 1. The van der Waals surface area contributed by atoms with E-state index in [2.05, 4.69) is 0 Å². The van der Waals surface area contributed by atoms with Gasteiger partial charge in [0, 0.05) is 4.90 Å². The van der Waals surface area contributed by atoms with Gasteiger partial charge in [-0.25, -0.2) is 8.42 Å². The summed E-state index contributed by atoms with van der Waals surface area (Å²) in [6.07, 6.45) is -3.79. The number of thioether (sulfide) groups is 1. The summed E-state index contributed by atoms with van der Waals surface area (Å²) < 4.78 is 62.3. The molecule has 102 valence electrons. The molecular weight excluding hydrogens is 287 g/mol. The molecule has 1 N–H and O–H groups in total. The third-order valence-corrected chi connectivity index (χ3v) is 3.37. The summed E-state index contributed by atoms with van der Waals surface area (Å²) in [5.74, 6) is 0.635. The maximum atomic E-state index is 12.8. The van der Waals surface area contributed by atoms with Gasteiger partial charge in [-0.2, -0.15) is 13.2 Å². The average Bonchev–Trinajstić information content (AvgIpc) is 2.17. The molecule has 3 nitrogen and oxygen atoms in total. The Kier molecular flexibility index (Phi) is 4.55. The van der Waals surface area contributed by atoms with E-state index in [0.29, 0.717) is 10.6 Å². The molecule has 0 aliphatic heterocycles. The molecule has 0 unspecified atom stereocenters. The molecule has 1 rings (SSSR count). The van der Waals surface area contributed by atoms with E-state index < -0.39 is 27.5 Å². The number of rotatable bonds is 4. The topological polar surface area (TPSA) is 46.2 Å². The van der Waals surface area contributed by atoms with E-state index in [0.717, 1.165) is 18.4 Å². The van der Waals surface area contributed by atoms with Crippen molar-refractivity contribution in [3.05, 3.63) is 23.8 Å². The van der Waals surface area contributed by atoms with E-state index in [1.807, 2.05) is 11.6 Å². The highest BCUT2D eigenvalue weighted by atomic mass is 32.2. The van der Waals surface area contributed by atoms with Gasteiger partial charge in [0.15, 0.2) is 0 Å². The Bertz CT molecular complexity index is 526. The summed E-state index contributed by atoms with van der Waals surface area (Å²) in [5, 5.41) is 0. The van der Waals surface area contributed by atoms with Crippen molar-refractivity contribution >= 4 is 27.5 Å². The zero-order valence-corrected chi connectivity index (χ0v) is 11.3. The van der Waals surface area contributed by atoms with Crippen LogP contribution in [0.25, 0.3) is 0 Å². The Labute approximate surface area is 108 Å². The van der Waals surface area contributed by atoms with Gasteiger partial charge >= 0.3 is 6.18 Å². The Morgan fingerprint density at radius 2 is 1.94 bits per heavy atom. The van der Waals surface area contributed by atoms with Crippen LogP contribution >= 0.6 is 11.8 Å². The van der Waals surface area contributed by atoms with Crippen molar-refractivity contribution in [2.75, 3.05) is 16.7 Å². The second kappa shape index (κ2) is 5.40. The molecule has 8 heteroatoms. The van der Waals surface area contributed by atoms with Crippen molar-refractivity contribution in [1.82, 2.24) is 0 Å². The molecule has 1 aromatic carbocycles. The van der Waals surface area contributed by atoms with Gasteiger partial charge in [0.05, 0.1) is 17.5 Å². The molecule has 0 saturated heterocycles. The maximum Gasteiger partial charge on any atom is 0.418 e. The van der Waals surface area contributed by atoms with Crippen LogP contribution in [0.1, 0.15) is 12.5 Å². The Hall–Kier alpha value is -0.890. The number of sulfonamides is 1. The maximum absolute atomic E-state index is 12.8. The van der Waals surface area contributed by atoms with E-state index in [1.54, 1.807) is 0 Å². The Morgan fingerprint density at radius 1 is 1.33 bits per heavy atom. The van der Waals surface area contributed by atoms with Crippen LogP contribution in [-0.2, 0) is 16.2 Å². The van der Waals surface area contributed by atoms with Crippen LogP contribution in [0.15, 0.2) is 23.1 Å². The smallest absolute Gasteiger partial charge is 0.283 e. The largest absolute Gasteiger partial charge is 0.418 e. The second-order valence-corrected chi connectivity index (χ2v) is 6.60. The van der Waals surface area contributed by atoms with Gasteiger partial charge in [0.2, 0.25) is 10.0 Å². The summed E-state index contributed by atoms with van der Waals surface area (Å²) in [7, 11) is -3.74. The zero-order chi connectivity index (χ0) is 14.0. The molecule has 0 radical (unpaired) electrons. The minimum absolute atomic E-state index is 0.448. The highest BCUT2D eigenvalue weighted by Gasteiger charge is 2.34. The molecule has 0 atom stereocenters. The summed E-state index contributed by atoms with van der Waals surface area (Å²) in [6, 6.07) is 3.53. The fourth-order valence-electron chi connectivity index (χ4n) is 1.30. The monoisotopic (exact) mass is 299 g/mol. The average molecular weight is 299 g/mol. The van der Waals surface area contributed by atoms with Gasteiger partial charge in [-0.3, -0.25) is 4.72 Å². The number of anilines is 1. The lowest BCUT2D eigenvalue weighted by Crippen LogP contribution is -2.15. The van der Waals surface area contributed by atoms with Crippen molar-refractivity contribution in [3.8, 4) is 0 Å². The fraction of sp³-hybridized carbons (Fsp3) is 0.400. The quantitative estimate of drug-likeness (QED) is 0.869. The number of nitrogens with one attached hydrogen (secondary N) is 1. The normalized spacial score (nSPS) is 12.5. The van der Waals surface area contributed by atoms with E-state index in [4.69, 9.17) is 0 Å². The molecule has 1 aromatic rings. The summed E-state index contributed by atoms with van der Waals surface area (Å²) >= 11 is 1.26. The SMILES string of the molecule is CCSc1ccc(NS(C)(=O)=O)c(C(F)(F)F)c1. The summed E-state index contributed by atoms with van der Waals surface area (Å²) in [6.45, 7) is 1.82. The molecule has 0 aliphatic rings. The predicted molar refractivity (Wildman–Crippen MR) is 66.3 cm³/mol. The lowest BCUT2D eigenvalue weighted by atomic mass is 10.2. The molecule has 0 aliphatic carbocycles. The fourth-order valence-corrected chi connectivity index (χ4v) is 2.58. The molecule has 0 saturated carbocycles. The molecule has 0 bridgehead atoms. The first kappa shape index (κ1) is 15.2. The molecule has 18 heavy (non-hydrogen) atoms. The van der Waals surface area contributed by atoms with E-state index in [1.165, 1.54) is 17.8 Å². The van der Waals surface area contributed by atoms with Crippen LogP contribution in [0.3, 0.4) is 0 Å². The minimum atomic E-state index is -4.60. The van der Waals surface area contributed by atoms with Crippen molar-refractivity contribution in [3.63, 3.8) is 0 Å². The third kappa shape index (κ3) is 4.41. The van der Waals surface area contributed by atoms with Crippen molar-refractivity contribution in [2.45, 2.75) is 18.0 Å². The lowest BCUT2D eigenvalue weighted by Gasteiger charge is -2.14. The van der Waals surface area contributed by atoms with Crippen LogP contribution in [-0.4, -0.2) is 20.4 Å². The van der Waals surface area contributed by atoms with E-state index in [9.17, 15) is 21.6 Å². The predicted octanol–water partition coefficient (Wildman–Crippen LogP) is 3.19. The van der Waals surface area contributed by atoms with Crippen LogP contribution in [0.2, 0.25) is 0 Å². The summed E-state index contributed by atoms with van der Waals surface area (Å²) in [4.78, 5) is 0.448. The lowest BCUT2D eigenvalue weighted by molar-refractivity contribution is -0.137. The van der Waals surface area contributed by atoms with Crippen molar-refractivity contribution in [1.29, 1.82) is 0 Å². The molecular formula is C10H12F3NO2S2. The van der Waals surface area contributed by atoms with Crippen LogP contribution in [0.4, 0.5) is 18.9 Å². The first-order valence-corrected chi connectivity index (χ1v) is 7.83. The standard InChI is InChI=1S/C10H12F3NO2S2/c1-3-17-7-4-5-9(14-18(2,15)16)8(6-7)10(11,12)13/h4-6,14H,3H2,1-2H3. The third-order valence-electron chi connectivity index (χ3n) is 1.90. The number of hydrogen-bond acceptors (Lipinski definition) is 3. The molecule has 0 aromatic heterocycles. The van der Waals surface area contributed by atoms with Crippen molar-refractivity contribution in [2.24, 2.45) is 0 Å². The number of benzene rings is 1. The number of alkyl halides is 3. The molecule has 0 spiro atoms. The van der Waals surface area contributed by atoms with E-state index in [-0.39, 0.29) is 0 Å². The number of halogens is 3. The van der Waals surface area contributed by atoms with Gasteiger partial charge in [-0.15, -0.1) is 11.8 Å². The Morgan fingerprint density at radius 3 is 2.39 bits per heavy atom. The van der Waals surface area contributed by atoms with Gasteiger partial charge in [-0.1, -0.05) is 6.92 Å². The van der Waals surface area contributed by atoms with Gasteiger partial charge < -0.3 is 0 Å². The van der Waals surface area contributed by atoms with Crippen molar-refractivity contribution < 1.29 is 21.6 Å². The molecule has 0 fully saturated rings. The van der Waals surface area contributed by atoms with E-state index >= 15 is 0 Å². The molecule has 0 heterocycles. The first-order valence-electron chi connectivity index (χ1n) is 4.95. The van der Waals surface area contributed by atoms with Gasteiger partial charge in [-0.05, 0) is 24.0 Å². The van der Waals surface area contributed by atoms with Gasteiger partial charge in [0.25, 0.3) is 0 Å². The van der Waals surface area contributed by atoms with Crippen LogP contribution in [0, 0.1) is 0 Å². The molecule has 0 amide bonds. The Balaban J connectivity index is 3.26. The highest BCUT2D eigenvalue weighted by molar-refractivity contribution is 7.99. The zero-order valence-electron chi connectivity index (χ0n) is 9.71. The highest BCUT2D eigenvalue weighted by Crippen LogP contribution is 2.37. The minimum Gasteiger partial charge on any atom is -0.283 e. The van der Waals surface area contributed by atoms with Gasteiger partial charge in [0.1, 0.15) is 0 Å². The second-order valence-electron chi connectivity index (χ2n) is 3.51. The van der Waals surface area contributed by atoms with Crippen LogP contribution < -0.4 is 4.72 Å². The first-order chi connectivity index (χ1) is 8.13. The van der Waals surface area contributed by atoms with Crippen LogP contribution in [0.5, 0.6) is 0 Å². The summed E-state index contributed by atoms with van der Waals surface area (Å²) in [5.41, 5.74) is -1.43.